The van der Waals surface area contributed by atoms with E-state index in [1.165, 1.54) is 16.8 Å². The van der Waals surface area contributed by atoms with Gasteiger partial charge in [0.05, 0.1) is 12.1 Å². The Morgan fingerprint density at radius 2 is 1.92 bits per heavy atom. The quantitative estimate of drug-likeness (QED) is 0.787. The first-order chi connectivity index (χ1) is 12.9. The molecular weight excluding hydrogens is 324 g/mol. The molecule has 1 saturated heterocycles. The Morgan fingerprint density at radius 3 is 2.85 bits per heavy atom. The molecule has 134 valence electrons. The first-order valence-electron chi connectivity index (χ1n) is 9.56. The second-order valence-corrected chi connectivity index (χ2v) is 7.35. The number of piperidine rings is 1. The smallest absolute Gasteiger partial charge is 0.147 e. The molecule has 5 rings (SSSR count). The van der Waals surface area contributed by atoms with Gasteiger partial charge in [0.2, 0.25) is 0 Å². The molecule has 0 unspecified atom stereocenters. The fraction of sp³-hybridized carbons (Fsp3) is 0.450. The summed E-state index contributed by atoms with van der Waals surface area (Å²) in [7, 11) is 0. The molecule has 1 N–H and O–H groups in total. The van der Waals surface area contributed by atoms with Crippen molar-refractivity contribution in [2.45, 2.75) is 38.4 Å². The van der Waals surface area contributed by atoms with Gasteiger partial charge in [0.15, 0.2) is 0 Å². The maximum atomic E-state index is 4.60. The van der Waals surface area contributed by atoms with Crippen LogP contribution in [0.15, 0.2) is 36.5 Å². The van der Waals surface area contributed by atoms with Gasteiger partial charge in [-0.1, -0.05) is 24.3 Å². The van der Waals surface area contributed by atoms with Crippen LogP contribution in [-0.4, -0.2) is 44.3 Å². The van der Waals surface area contributed by atoms with Crippen molar-refractivity contribution in [2.24, 2.45) is 0 Å². The predicted octanol–water partition coefficient (Wildman–Crippen LogP) is 2.31. The van der Waals surface area contributed by atoms with E-state index in [9.17, 15) is 0 Å². The zero-order chi connectivity index (χ0) is 17.3. The molecule has 0 radical (unpaired) electrons. The van der Waals surface area contributed by atoms with Crippen LogP contribution in [0.4, 0.5) is 0 Å². The number of fused-ring (bicyclic) bond motifs is 2. The van der Waals surface area contributed by atoms with Crippen molar-refractivity contribution in [2.75, 3.05) is 19.6 Å². The number of nitrogens with zero attached hydrogens (tertiary/aromatic N) is 5. The minimum atomic E-state index is 0.538. The molecular formula is C20H24N6. The fourth-order valence-corrected chi connectivity index (χ4v) is 4.30. The number of benzene rings is 1. The lowest BCUT2D eigenvalue weighted by atomic mass is 9.95. The number of para-hydroxylation sites is 1. The number of hydrogen-bond acceptors (Lipinski definition) is 5. The van der Waals surface area contributed by atoms with Crippen LogP contribution in [-0.2, 0) is 19.6 Å². The molecule has 4 heterocycles. The molecule has 6 heteroatoms. The van der Waals surface area contributed by atoms with Crippen LogP contribution in [0.1, 0.15) is 36.0 Å². The summed E-state index contributed by atoms with van der Waals surface area (Å²) in [5.74, 6) is 2.83. The van der Waals surface area contributed by atoms with Crippen molar-refractivity contribution in [3.05, 3.63) is 53.7 Å². The van der Waals surface area contributed by atoms with Crippen LogP contribution in [0.2, 0.25) is 0 Å². The number of likely N-dealkylation sites (tertiary alicyclic amines) is 1. The average Bonchev–Trinajstić information content (AvgIpc) is 3.13. The highest BCUT2D eigenvalue weighted by Crippen LogP contribution is 2.29. The third-order valence-corrected chi connectivity index (χ3v) is 5.71. The second-order valence-electron chi connectivity index (χ2n) is 7.35. The van der Waals surface area contributed by atoms with E-state index in [2.05, 4.69) is 54.2 Å². The minimum absolute atomic E-state index is 0.538. The molecule has 0 saturated carbocycles. The zero-order valence-electron chi connectivity index (χ0n) is 14.9. The number of aromatic nitrogens is 4. The van der Waals surface area contributed by atoms with Crippen LogP contribution in [0.5, 0.6) is 0 Å². The predicted molar refractivity (Wildman–Crippen MR) is 101 cm³/mol. The summed E-state index contributed by atoms with van der Waals surface area (Å²) >= 11 is 0. The first-order valence-corrected chi connectivity index (χ1v) is 9.56. The molecule has 1 aromatic carbocycles. The molecule has 0 amide bonds. The summed E-state index contributed by atoms with van der Waals surface area (Å²) in [6, 6.07) is 10.6. The fourth-order valence-electron chi connectivity index (χ4n) is 4.30. The molecule has 2 aromatic heterocycles. The summed E-state index contributed by atoms with van der Waals surface area (Å²) in [4.78, 5) is 7.15. The zero-order valence-corrected chi connectivity index (χ0v) is 14.9. The van der Waals surface area contributed by atoms with Gasteiger partial charge in [0.25, 0.3) is 0 Å². The second kappa shape index (κ2) is 6.78. The highest BCUT2D eigenvalue weighted by Gasteiger charge is 2.27. The van der Waals surface area contributed by atoms with E-state index >= 15 is 0 Å². The van der Waals surface area contributed by atoms with Crippen molar-refractivity contribution in [3.63, 3.8) is 0 Å². The SMILES string of the molecule is c1cnc2c(CN3CCC(c4nnc5n4CCNC5)CC3)cccc2c1. The van der Waals surface area contributed by atoms with Gasteiger partial charge >= 0.3 is 0 Å². The molecule has 6 nitrogen and oxygen atoms in total. The Balaban J connectivity index is 1.28. The molecule has 26 heavy (non-hydrogen) atoms. The van der Waals surface area contributed by atoms with Crippen LogP contribution in [0.3, 0.4) is 0 Å². The highest BCUT2D eigenvalue weighted by molar-refractivity contribution is 5.81. The lowest BCUT2D eigenvalue weighted by molar-refractivity contribution is 0.200. The molecule has 2 aliphatic heterocycles. The number of rotatable bonds is 3. The maximum absolute atomic E-state index is 4.60. The molecule has 0 bridgehead atoms. The van der Waals surface area contributed by atoms with Gasteiger partial charge in [-0.2, -0.15) is 0 Å². The summed E-state index contributed by atoms with van der Waals surface area (Å²) in [5, 5.41) is 13.5. The van der Waals surface area contributed by atoms with Crippen molar-refractivity contribution in [1.82, 2.24) is 30.0 Å². The van der Waals surface area contributed by atoms with Crippen LogP contribution >= 0.6 is 0 Å². The average molecular weight is 348 g/mol. The van der Waals surface area contributed by atoms with Crippen molar-refractivity contribution in [1.29, 1.82) is 0 Å². The van der Waals surface area contributed by atoms with Gasteiger partial charge in [-0.05, 0) is 37.6 Å². The molecule has 0 spiro atoms. The lowest BCUT2D eigenvalue weighted by Gasteiger charge is -2.32. The van der Waals surface area contributed by atoms with Crippen molar-refractivity contribution >= 4 is 10.9 Å². The topological polar surface area (TPSA) is 58.9 Å². The molecule has 3 aromatic rings. The molecule has 2 aliphatic rings. The Labute approximate surface area is 153 Å². The van der Waals surface area contributed by atoms with Gasteiger partial charge in [-0.15, -0.1) is 10.2 Å². The van der Waals surface area contributed by atoms with E-state index in [0.717, 1.165) is 63.5 Å². The monoisotopic (exact) mass is 348 g/mol. The highest BCUT2D eigenvalue weighted by atomic mass is 15.3. The van der Waals surface area contributed by atoms with Gasteiger partial charge in [-0.3, -0.25) is 9.88 Å². The summed E-state index contributed by atoms with van der Waals surface area (Å²) < 4.78 is 2.34. The third-order valence-electron chi connectivity index (χ3n) is 5.71. The van der Waals surface area contributed by atoms with Crippen molar-refractivity contribution < 1.29 is 0 Å². The largest absolute Gasteiger partial charge is 0.312 e. The van der Waals surface area contributed by atoms with Crippen LogP contribution in [0, 0.1) is 0 Å². The van der Waals surface area contributed by atoms with Gasteiger partial charge < -0.3 is 9.88 Å². The standard InChI is InChI=1S/C20H24N6/c1-3-15-5-2-8-22-19(15)17(4-1)14-25-10-6-16(7-11-25)20-24-23-18-13-21-9-12-26(18)20/h1-5,8,16,21H,6-7,9-14H2. The lowest BCUT2D eigenvalue weighted by Crippen LogP contribution is -2.34. The normalized spacial score (nSPS) is 18.9. The summed E-state index contributed by atoms with van der Waals surface area (Å²) in [6.07, 6.45) is 4.20. The Morgan fingerprint density at radius 1 is 1.04 bits per heavy atom. The van der Waals surface area contributed by atoms with Crippen molar-refractivity contribution in [3.8, 4) is 0 Å². The maximum Gasteiger partial charge on any atom is 0.147 e. The van der Waals surface area contributed by atoms with E-state index < -0.39 is 0 Å². The van der Waals surface area contributed by atoms with Crippen LogP contribution < -0.4 is 5.32 Å². The van der Waals surface area contributed by atoms with E-state index in [-0.39, 0.29) is 0 Å². The van der Waals surface area contributed by atoms with E-state index in [1.807, 2.05) is 12.3 Å². The Hall–Kier alpha value is -2.31. The van der Waals surface area contributed by atoms with Gasteiger partial charge in [0, 0.05) is 37.1 Å². The Bertz CT molecular complexity index is 904. The van der Waals surface area contributed by atoms with Gasteiger partial charge in [-0.25, -0.2) is 0 Å². The first kappa shape index (κ1) is 15.9. The number of hydrogen-bond donors (Lipinski definition) is 1. The molecule has 0 atom stereocenters. The van der Waals surface area contributed by atoms with Gasteiger partial charge in [0.1, 0.15) is 11.6 Å². The van der Waals surface area contributed by atoms with Crippen LogP contribution in [0.25, 0.3) is 10.9 Å². The summed E-state index contributed by atoms with van der Waals surface area (Å²) in [6.45, 7) is 6.05. The van der Waals surface area contributed by atoms with E-state index in [1.54, 1.807) is 0 Å². The Kier molecular flexibility index (Phi) is 4.15. The molecule has 1 fully saturated rings. The number of pyridine rings is 1. The van der Waals surface area contributed by atoms with E-state index in [0.29, 0.717) is 5.92 Å². The third kappa shape index (κ3) is 2.89. The summed E-state index contributed by atoms with van der Waals surface area (Å²) in [5.41, 5.74) is 2.46. The molecule has 0 aliphatic carbocycles. The number of nitrogens with one attached hydrogen (secondary N) is 1. The minimum Gasteiger partial charge on any atom is -0.312 e. The van der Waals surface area contributed by atoms with E-state index in [4.69, 9.17) is 0 Å².